The quantitative estimate of drug-likeness (QED) is 0.317. The first-order chi connectivity index (χ1) is 16.5. The Bertz CT molecular complexity index is 1000. The molecule has 8 nitrogen and oxygen atoms in total. The van der Waals surface area contributed by atoms with Crippen molar-refractivity contribution in [1.29, 1.82) is 10.5 Å². The number of nitrogens with one attached hydrogen (secondary N) is 2. The highest BCUT2D eigenvalue weighted by Gasteiger charge is 2.38. The summed E-state index contributed by atoms with van der Waals surface area (Å²) >= 11 is 1.22. The maximum Gasteiger partial charge on any atom is 0.265 e. The summed E-state index contributed by atoms with van der Waals surface area (Å²) in [4.78, 5) is 29.2. The Labute approximate surface area is 206 Å². The second kappa shape index (κ2) is 12.5. The molecule has 2 amide bonds. The van der Waals surface area contributed by atoms with Crippen molar-refractivity contribution in [3.05, 3.63) is 40.4 Å². The van der Waals surface area contributed by atoms with E-state index in [0.717, 1.165) is 24.6 Å². The standard InChI is InChI=1S/C25H32N6O2S/c1-3-31-24(33)22(34-25(31)21(16-27)23(32)28-11-10-26)17-29-20-6-4-5-19(15-20)9-14-30-12-7-18(2)8-13-30/h4-6,15,18,22,29H,3,7-9,11-14,17H2,1-2H3,(H,28,32)/b25-21-. The molecule has 1 atom stereocenters. The number of piperidine rings is 1. The number of amides is 2. The number of carbonyl (C=O) groups is 2. The van der Waals surface area contributed by atoms with Gasteiger partial charge in [0.1, 0.15) is 28.5 Å². The van der Waals surface area contributed by atoms with Crippen molar-refractivity contribution in [3.63, 3.8) is 0 Å². The monoisotopic (exact) mass is 480 g/mol. The topological polar surface area (TPSA) is 112 Å². The van der Waals surface area contributed by atoms with Crippen molar-refractivity contribution in [2.75, 3.05) is 44.6 Å². The van der Waals surface area contributed by atoms with Gasteiger partial charge in [0, 0.05) is 25.3 Å². The summed E-state index contributed by atoms with van der Waals surface area (Å²) in [5.41, 5.74) is 2.07. The maximum absolute atomic E-state index is 12.9. The summed E-state index contributed by atoms with van der Waals surface area (Å²) in [5, 5.41) is 23.8. The molecule has 180 valence electrons. The molecule has 1 aromatic rings. The van der Waals surface area contributed by atoms with Gasteiger partial charge in [0.15, 0.2) is 0 Å². The third-order valence-corrected chi connectivity index (χ3v) is 7.55. The van der Waals surface area contributed by atoms with E-state index in [-0.39, 0.29) is 18.0 Å². The smallest absolute Gasteiger partial charge is 0.265 e. The minimum Gasteiger partial charge on any atom is -0.383 e. The molecule has 2 aliphatic rings. The molecule has 2 aliphatic heterocycles. The predicted molar refractivity (Wildman–Crippen MR) is 134 cm³/mol. The molecular formula is C25H32N6O2S. The SMILES string of the molecule is CCN1C(=O)C(CNc2cccc(CCN3CCC(C)CC3)c2)S/C1=C(/C#N)C(=O)NCC#N. The van der Waals surface area contributed by atoms with E-state index in [0.29, 0.717) is 18.1 Å². The van der Waals surface area contributed by atoms with Crippen molar-refractivity contribution in [3.8, 4) is 12.1 Å². The number of carbonyl (C=O) groups excluding carboxylic acids is 2. The first-order valence-corrected chi connectivity index (χ1v) is 12.7. The lowest BCUT2D eigenvalue weighted by Gasteiger charge is -2.30. The molecule has 1 unspecified atom stereocenters. The second-order valence-electron chi connectivity index (χ2n) is 8.68. The van der Waals surface area contributed by atoms with Crippen LogP contribution in [0.4, 0.5) is 5.69 Å². The van der Waals surface area contributed by atoms with E-state index in [9.17, 15) is 14.9 Å². The van der Waals surface area contributed by atoms with Crippen LogP contribution in [-0.2, 0) is 16.0 Å². The van der Waals surface area contributed by atoms with E-state index >= 15 is 0 Å². The van der Waals surface area contributed by atoms with Gasteiger partial charge in [-0.25, -0.2) is 0 Å². The molecule has 0 bridgehead atoms. The van der Waals surface area contributed by atoms with Crippen LogP contribution in [0.1, 0.15) is 32.3 Å². The predicted octanol–water partition coefficient (Wildman–Crippen LogP) is 2.71. The zero-order chi connectivity index (χ0) is 24.5. The highest BCUT2D eigenvalue weighted by molar-refractivity contribution is 8.04. The number of thioether (sulfide) groups is 1. The van der Waals surface area contributed by atoms with Crippen molar-refractivity contribution >= 4 is 29.3 Å². The Kier molecular flexibility index (Phi) is 9.38. The summed E-state index contributed by atoms with van der Waals surface area (Å²) in [5.74, 6) is 0.0590. The highest BCUT2D eigenvalue weighted by Crippen LogP contribution is 2.37. The average Bonchev–Trinajstić information content (AvgIpc) is 3.16. The molecule has 0 radical (unpaired) electrons. The largest absolute Gasteiger partial charge is 0.383 e. The van der Waals surface area contributed by atoms with E-state index < -0.39 is 11.2 Å². The average molecular weight is 481 g/mol. The van der Waals surface area contributed by atoms with Gasteiger partial charge in [-0.3, -0.25) is 9.59 Å². The number of rotatable bonds is 9. The van der Waals surface area contributed by atoms with E-state index in [1.807, 2.05) is 31.2 Å². The van der Waals surface area contributed by atoms with Gasteiger partial charge in [-0.1, -0.05) is 30.8 Å². The minimum absolute atomic E-state index is 0.132. The lowest BCUT2D eigenvalue weighted by atomic mass is 9.99. The van der Waals surface area contributed by atoms with Crippen LogP contribution in [0.3, 0.4) is 0 Å². The van der Waals surface area contributed by atoms with Gasteiger partial charge >= 0.3 is 0 Å². The van der Waals surface area contributed by atoms with E-state index in [1.54, 1.807) is 0 Å². The molecule has 34 heavy (non-hydrogen) atoms. The van der Waals surface area contributed by atoms with Crippen molar-refractivity contribution < 1.29 is 9.59 Å². The Balaban J connectivity index is 1.60. The molecular weight excluding hydrogens is 448 g/mol. The zero-order valence-electron chi connectivity index (χ0n) is 19.8. The fourth-order valence-electron chi connectivity index (χ4n) is 4.17. The molecule has 0 aromatic heterocycles. The number of benzene rings is 1. The maximum atomic E-state index is 12.9. The molecule has 2 saturated heterocycles. The number of nitriles is 2. The van der Waals surface area contributed by atoms with Crippen LogP contribution < -0.4 is 10.6 Å². The number of hydrogen-bond acceptors (Lipinski definition) is 7. The van der Waals surface area contributed by atoms with Gasteiger partial charge in [-0.15, -0.1) is 0 Å². The molecule has 2 heterocycles. The normalized spacial score (nSPS) is 20.5. The van der Waals surface area contributed by atoms with Gasteiger partial charge in [0.25, 0.3) is 5.91 Å². The molecule has 3 rings (SSSR count). The van der Waals surface area contributed by atoms with E-state index in [4.69, 9.17) is 5.26 Å². The van der Waals surface area contributed by atoms with Gasteiger partial charge in [-0.05, 0) is 62.9 Å². The lowest BCUT2D eigenvalue weighted by molar-refractivity contribution is -0.127. The van der Waals surface area contributed by atoms with Gasteiger partial charge in [-0.2, -0.15) is 10.5 Å². The summed E-state index contributed by atoms with van der Waals surface area (Å²) in [7, 11) is 0. The summed E-state index contributed by atoms with van der Waals surface area (Å²) in [6, 6.07) is 12.0. The number of hydrogen-bond donors (Lipinski definition) is 2. The van der Waals surface area contributed by atoms with Gasteiger partial charge in [0.05, 0.1) is 6.07 Å². The van der Waals surface area contributed by atoms with Crippen LogP contribution in [0.15, 0.2) is 34.9 Å². The second-order valence-corrected chi connectivity index (χ2v) is 9.87. The molecule has 1 aromatic carbocycles. The highest BCUT2D eigenvalue weighted by atomic mass is 32.2. The molecule has 9 heteroatoms. The summed E-state index contributed by atoms with van der Waals surface area (Å²) < 4.78 is 0. The Morgan fingerprint density at radius 1 is 1.26 bits per heavy atom. The third-order valence-electron chi connectivity index (χ3n) is 6.25. The van der Waals surface area contributed by atoms with Crippen molar-refractivity contribution in [2.24, 2.45) is 5.92 Å². The fourth-order valence-corrected chi connectivity index (χ4v) is 5.44. The Morgan fingerprint density at radius 2 is 2.03 bits per heavy atom. The minimum atomic E-state index is -0.637. The number of anilines is 1. The summed E-state index contributed by atoms with van der Waals surface area (Å²) in [6.45, 7) is 8.07. The van der Waals surface area contributed by atoms with Gasteiger partial charge < -0.3 is 20.4 Å². The van der Waals surface area contributed by atoms with Crippen molar-refractivity contribution in [1.82, 2.24) is 15.1 Å². The van der Waals surface area contributed by atoms with Crippen LogP contribution >= 0.6 is 11.8 Å². The first kappa shape index (κ1) is 25.6. The molecule has 0 spiro atoms. The molecule has 2 N–H and O–H groups in total. The van der Waals surface area contributed by atoms with Crippen LogP contribution in [0.2, 0.25) is 0 Å². The van der Waals surface area contributed by atoms with Crippen LogP contribution in [0.25, 0.3) is 0 Å². The molecule has 0 saturated carbocycles. The van der Waals surface area contributed by atoms with Crippen LogP contribution in [0, 0.1) is 28.6 Å². The third kappa shape index (κ3) is 6.53. The number of nitrogens with zero attached hydrogens (tertiary/aromatic N) is 4. The van der Waals surface area contributed by atoms with E-state index in [1.165, 1.54) is 48.2 Å². The van der Waals surface area contributed by atoms with E-state index in [2.05, 4.69) is 34.6 Å². The Morgan fingerprint density at radius 3 is 2.71 bits per heavy atom. The molecule has 2 fully saturated rings. The van der Waals surface area contributed by atoms with Crippen LogP contribution in [0.5, 0.6) is 0 Å². The van der Waals surface area contributed by atoms with Crippen molar-refractivity contribution in [2.45, 2.75) is 38.4 Å². The number of likely N-dealkylation sites (tertiary alicyclic amines) is 1. The fraction of sp³-hybridized carbons (Fsp3) is 0.520. The zero-order valence-corrected chi connectivity index (χ0v) is 20.7. The van der Waals surface area contributed by atoms with Gasteiger partial charge in [0.2, 0.25) is 5.91 Å². The Hall–Kier alpha value is -3.01. The summed E-state index contributed by atoms with van der Waals surface area (Å²) in [6.07, 6.45) is 3.53. The first-order valence-electron chi connectivity index (χ1n) is 11.8. The van der Waals surface area contributed by atoms with Crippen LogP contribution in [-0.4, -0.2) is 66.1 Å². The lowest BCUT2D eigenvalue weighted by Crippen LogP contribution is -2.34. The molecule has 0 aliphatic carbocycles.